The van der Waals surface area contributed by atoms with Crippen molar-refractivity contribution in [1.29, 1.82) is 0 Å². The number of fused-ring (bicyclic) bond motifs is 1. The highest BCUT2D eigenvalue weighted by atomic mass is 19.4. The van der Waals surface area contributed by atoms with Crippen LogP contribution in [0, 0.1) is 5.82 Å². The molecule has 1 saturated heterocycles. The number of aromatic nitrogens is 4. The number of benzene rings is 2. The Kier molecular flexibility index (Phi) is 5.18. The van der Waals surface area contributed by atoms with Crippen LogP contribution in [0.5, 0.6) is 0 Å². The van der Waals surface area contributed by atoms with Gasteiger partial charge in [-0.3, -0.25) is 9.48 Å². The summed E-state index contributed by atoms with van der Waals surface area (Å²) in [6.45, 7) is 0.691. The molecule has 1 amide bonds. The first-order valence-electron chi connectivity index (χ1n) is 10.4. The summed E-state index contributed by atoms with van der Waals surface area (Å²) >= 11 is 0. The number of amides is 1. The molecular formula is C23H18F4N6O. The summed E-state index contributed by atoms with van der Waals surface area (Å²) in [6.07, 6.45) is -3.17. The number of hydrogen-bond donors (Lipinski definition) is 1. The molecule has 2 aromatic heterocycles. The predicted molar refractivity (Wildman–Crippen MR) is 117 cm³/mol. The molecule has 0 bridgehead atoms. The smallest absolute Gasteiger partial charge is 0.350 e. The van der Waals surface area contributed by atoms with E-state index in [2.05, 4.69) is 20.6 Å². The van der Waals surface area contributed by atoms with E-state index in [1.807, 2.05) is 42.3 Å². The standard InChI is InChI=1S/C23H18F4N6O/c1-32-19(8-9-28-32)20-15-4-2-3-5-16(15)21(31-30-20)33-11-14(12-33)29-22(34)17-7-6-13(24)10-18(17)23(25,26)27/h2-10,14H,11-12H2,1H3,(H,29,34). The summed E-state index contributed by atoms with van der Waals surface area (Å²) < 4.78 is 54.7. The first-order chi connectivity index (χ1) is 16.2. The molecular weight excluding hydrogens is 452 g/mol. The maximum Gasteiger partial charge on any atom is 0.417 e. The van der Waals surface area contributed by atoms with E-state index in [9.17, 15) is 22.4 Å². The lowest BCUT2D eigenvalue weighted by atomic mass is 10.0. The lowest BCUT2D eigenvalue weighted by Crippen LogP contribution is -2.60. The molecule has 1 fully saturated rings. The van der Waals surface area contributed by atoms with Crippen LogP contribution < -0.4 is 10.2 Å². The fraction of sp³-hybridized carbons (Fsp3) is 0.217. The number of alkyl halides is 3. The van der Waals surface area contributed by atoms with Gasteiger partial charge in [0.15, 0.2) is 5.82 Å². The van der Waals surface area contributed by atoms with Crippen molar-refractivity contribution in [1.82, 2.24) is 25.3 Å². The van der Waals surface area contributed by atoms with Gasteiger partial charge >= 0.3 is 6.18 Å². The number of rotatable bonds is 4. The average Bonchev–Trinajstić information content (AvgIpc) is 3.20. The molecule has 174 valence electrons. The van der Waals surface area contributed by atoms with E-state index in [4.69, 9.17) is 0 Å². The summed E-state index contributed by atoms with van der Waals surface area (Å²) in [5, 5.41) is 17.3. The molecule has 1 aliphatic heterocycles. The second-order valence-electron chi connectivity index (χ2n) is 8.02. The molecule has 1 N–H and O–H groups in total. The molecule has 0 spiro atoms. The third-order valence-corrected chi connectivity index (χ3v) is 5.78. The molecule has 34 heavy (non-hydrogen) atoms. The molecule has 0 aliphatic carbocycles. The van der Waals surface area contributed by atoms with Crippen molar-refractivity contribution in [2.24, 2.45) is 7.05 Å². The third-order valence-electron chi connectivity index (χ3n) is 5.78. The predicted octanol–water partition coefficient (Wildman–Crippen LogP) is 3.81. The molecule has 0 saturated carbocycles. The number of nitrogens with zero attached hydrogens (tertiary/aromatic N) is 5. The molecule has 0 unspecified atom stereocenters. The van der Waals surface area contributed by atoms with Crippen molar-refractivity contribution >= 4 is 22.5 Å². The molecule has 7 nitrogen and oxygen atoms in total. The zero-order valence-electron chi connectivity index (χ0n) is 17.8. The van der Waals surface area contributed by atoms with Gasteiger partial charge in [0, 0.05) is 37.1 Å². The Balaban J connectivity index is 1.35. The molecule has 4 aromatic rings. The van der Waals surface area contributed by atoms with Gasteiger partial charge in [0.1, 0.15) is 11.5 Å². The van der Waals surface area contributed by atoms with Crippen molar-refractivity contribution in [3.63, 3.8) is 0 Å². The van der Waals surface area contributed by atoms with Crippen LogP contribution in [0.25, 0.3) is 22.2 Å². The fourth-order valence-electron chi connectivity index (χ4n) is 4.07. The number of halogens is 4. The van der Waals surface area contributed by atoms with Crippen LogP contribution in [0.3, 0.4) is 0 Å². The number of hydrogen-bond acceptors (Lipinski definition) is 5. The van der Waals surface area contributed by atoms with Gasteiger partial charge in [-0.05, 0) is 24.3 Å². The van der Waals surface area contributed by atoms with Crippen LogP contribution >= 0.6 is 0 Å². The van der Waals surface area contributed by atoms with Gasteiger partial charge in [-0.1, -0.05) is 24.3 Å². The van der Waals surface area contributed by atoms with Crippen molar-refractivity contribution in [2.75, 3.05) is 18.0 Å². The SMILES string of the molecule is Cn1nccc1-c1nnc(N2CC(NC(=O)c3ccc(F)cc3C(F)(F)F)C2)c2ccccc12. The zero-order valence-corrected chi connectivity index (χ0v) is 17.8. The Morgan fingerprint density at radius 3 is 2.47 bits per heavy atom. The maximum absolute atomic E-state index is 13.3. The molecule has 3 heterocycles. The van der Waals surface area contributed by atoms with Crippen LogP contribution in [0.4, 0.5) is 23.4 Å². The van der Waals surface area contributed by atoms with E-state index in [0.29, 0.717) is 30.7 Å². The first kappa shape index (κ1) is 21.8. The second kappa shape index (κ2) is 8.08. The van der Waals surface area contributed by atoms with Gasteiger partial charge < -0.3 is 10.2 Å². The minimum absolute atomic E-state index is 0.327. The molecule has 1 aliphatic rings. The Hall–Kier alpha value is -4.02. The van der Waals surface area contributed by atoms with Crippen LogP contribution in [0.15, 0.2) is 54.7 Å². The van der Waals surface area contributed by atoms with E-state index >= 15 is 0 Å². The van der Waals surface area contributed by atoms with Gasteiger partial charge in [0.05, 0.1) is 22.9 Å². The topological polar surface area (TPSA) is 75.9 Å². The van der Waals surface area contributed by atoms with Gasteiger partial charge in [-0.25, -0.2) is 4.39 Å². The quantitative estimate of drug-likeness (QED) is 0.459. The fourth-order valence-corrected chi connectivity index (χ4v) is 4.07. The largest absolute Gasteiger partial charge is 0.417 e. The summed E-state index contributed by atoms with van der Waals surface area (Å²) in [5.41, 5.74) is -0.425. The summed E-state index contributed by atoms with van der Waals surface area (Å²) in [6, 6.07) is 11.1. The highest BCUT2D eigenvalue weighted by molar-refractivity contribution is 6.00. The first-order valence-corrected chi connectivity index (χ1v) is 10.4. The van der Waals surface area contributed by atoms with Crippen molar-refractivity contribution in [3.8, 4) is 11.4 Å². The van der Waals surface area contributed by atoms with Gasteiger partial charge in [-0.15, -0.1) is 10.2 Å². The van der Waals surface area contributed by atoms with Gasteiger partial charge in [-0.2, -0.15) is 18.3 Å². The number of anilines is 1. The minimum atomic E-state index is -4.84. The molecule has 2 aromatic carbocycles. The number of carbonyl (C=O) groups excluding carboxylic acids is 1. The Labute approximate surface area is 191 Å². The lowest BCUT2D eigenvalue weighted by Gasteiger charge is -2.40. The Morgan fingerprint density at radius 1 is 1.06 bits per heavy atom. The average molecular weight is 470 g/mol. The van der Waals surface area contributed by atoms with E-state index in [0.717, 1.165) is 28.6 Å². The van der Waals surface area contributed by atoms with E-state index in [-0.39, 0.29) is 0 Å². The van der Waals surface area contributed by atoms with Gasteiger partial charge in [0.25, 0.3) is 5.91 Å². The summed E-state index contributed by atoms with van der Waals surface area (Å²) in [4.78, 5) is 14.4. The maximum atomic E-state index is 13.3. The molecule has 0 radical (unpaired) electrons. The van der Waals surface area contributed by atoms with Crippen LogP contribution in [0.2, 0.25) is 0 Å². The number of aryl methyl sites for hydroxylation is 1. The Morgan fingerprint density at radius 2 is 1.79 bits per heavy atom. The zero-order chi connectivity index (χ0) is 24.0. The molecule has 5 rings (SSSR count). The van der Waals surface area contributed by atoms with Crippen molar-refractivity contribution in [2.45, 2.75) is 12.2 Å². The van der Waals surface area contributed by atoms with E-state index < -0.39 is 35.1 Å². The van der Waals surface area contributed by atoms with Crippen molar-refractivity contribution < 1.29 is 22.4 Å². The molecule has 0 atom stereocenters. The number of carbonyl (C=O) groups is 1. The van der Waals surface area contributed by atoms with Crippen LogP contribution in [-0.2, 0) is 13.2 Å². The van der Waals surface area contributed by atoms with Crippen LogP contribution in [-0.4, -0.2) is 45.0 Å². The van der Waals surface area contributed by atoms with Gasteiger partial charge in [0.2, 0.25) is 0 Å². The van der Waals surface area contributed by atoms with Crippen LogP contribution in [0.1, 0.15) is 15.9 Å². The highest BCUT2D eigenvalue weighted by Gasteiger charge is 2.37. The van der Waals surface area contributed by atoms with E-state index in [1.54, 1.807) is 10.9 Å². The monoisotopic (exact) mass is 470 g/mol. The Bertz CT molecular complexity index is 1390. The summed E-state index contributed by atoms with van der Waals surface area (Å²) in [5.74, 6) is -1.34. The summed E-state index contributed by atoms with van der Waals surface area (Å²) in [7, 11) is 1.81. The minimum Gasteiger partial charge on any atom is -0.350 e. The number of nitrogens with one attached hydrogen (secondary N) is 1. The van der Waals surface area contributed by atoms with E-state index in [1.165, 1.54) is 0 Å². The second-order valence-corrected chi connectivity index (χ2v) is 8.02. The normalized spacial score (nSPS) is 14.3. The van der Waals surface area contributed by atoms with Crippen molar-refractivity contribution in [3.05, 3.63) is 71.7 Å². The lowest BCUT2D eigenvalue weighted by molar-refractivity contribution is -0.138. The third kappa shape index (κ3) is 3.82. The highest BCUT2D eigenvalue weighted by Crippen LogP contribution is 2.34. The molecule has 11 heteroatoms.